The molecule has 0 saturated heterocycles. The van der Waals surface area contributed by atoms with E-state index in [-0.39, 0.29) is 17.5 Å². The van der Waals surface area contributed by atoms with Crippen molar-refractivity contribution in [2.75, 3.05) is 11.9 Å². The van der Waals surface area contributed by atoms with Crippen molar-refractivity contribution in [3.05, 3.63) is 108 Å². The van der Waals surface area contributed by atoms with Gasteiger partial charge in [0.1, 0.15) is 0 Å². The van der Waals surface area contributed by atoms with Crippen molar-refractivity contribution in [2.24, 2.45) is 0 Å². The largest absolute Gasteiger partial charge is 0.353 e. The maximum Gasteiger partial charge on any atom is 0.272 e. The van der Waals surface area contributed by atoms with E-state index in [9.17, 15) is 9.59 Å². The second-order valence-electron chi connectivity index (χ2n) is 7.95. The Balaban J connectivity index is 1.35. The Morgan fingerprint density at radius 1 is 0.829 bits per heavy atom. The highest BCUT2D eigenvalue weighted by molar-refractivity contribution is 6.15. The topological polar surface area (TPSA) is 107 Å². The van der Waals surface area contributed by atoms with Gasteiger partial charge in [0.2, 0.25) is 0 Å². The lowest BCUT2D eigenvalue weighted by Gasteiger charge is -2.13. The van der Waals surface area contributed by atoms with Gasteiger partial charge in [-0.1, -0.05) is 35.5 Å². The first kappa shape index (κ1) is 22.0. The van der Waals surface area contributed by atoms with Crippen LogP contribution in [0.3, 0.4) is 0 Å². The van der Waals surface area contributed by atoms with E-state index in [4.69, 9.17) is 0 Å². The summed E-state index contributed by atoms with van der Waals surface area (Å²) in [5, 5.41) is 15.4. The van der Waals surface area contributed by atoms with Crippen LogP contribution in [0.15, 0.2) is 91.6 Å². The standard InChI is InChI=1S/C26H23N7O2/c34-25(22-10-9-19(18-33-17-13-29-31-33)20-6-1-2-7-21(20)22)30-23-8-5-11-27-24(23)26(35)28-12-16-32-14-3-4-15-32/h1-11,13-15,17H,12,16,18H2,(H,28,35)(H,30,34). The highest BCUT2D eigenvalue weighted by atomic mass is 16.2. The SMILES string of the molecule is O=C(NCCn1cccc1)c1ncccc1NC(=O)c1ccc(Cn2ccnn2)c2ccccc12. The van der Waals surface area contributed by atoms with E-state index in [0.717, 1.165) is 16.3 Å². The number of aromatic nitrogens is 5. The van der Waals surface area contributed by atoms with E-state index >= 15 is 0 Å². The van der Waals surface area contributed by atoms with E-state index in [2.05, 4.69) is 25.9 Å². The first-order valence-corrected chi connectivity index (χ1v) is 11.2. The highest BCUT2D eigenvalue weighted by Crippen LogP contribution is 2.25. The number of nitrogens with one attached hydrogen (secondary N) is 2. The number of nitrogens with zero attached hydrogens (tertiary/aromatic N) is 5. The minimum absolute atomic E-state index is 0.167. The Hall–Kier alpha value is -4.79. The molecule has 0 aliphatic rings. The monoisotopic (exact) mass is 465 g/mol. The molecule has 3 aromatic heterocycles. The molecule has 0 saturated carbocycles. The third-order valence-corrected chi connectivity index (χ3v) is 5.66. The number of benzene rings is 2. The van der Waals surface area contributed by atoms with Crippen molar-refractivity contribution in [1.29, 1.82) is 0 Å². The number of amides is 2. The zero-order valence-electron chi connectivity index (χ0n) is 18.8. The molecule has 3 heterocycles. The minimum Gasteiger partial charge on any atom is -0.353 e. The van der Waals surface area contributed by atoms with Gasteiger partial charge >= 0.3 is 0 Å². The van der Waals surface area contributed by atoms with Crippen LogP contribution in [-0.2, 0) is 13.1 Å². The molecule has 2 aromatic carbocycles. The summed E-state index contributed by atoms with van der Waals surface area (Å²) in [5.41, 5.74) is 2.05. The molecule has 0 fully saturated rings. The van der Waals surface area contributed by atoms with Gasteiger partial charge in [-0.15, -0.1) is 5.10 Å². The van der Waals surface area contributed by atoms with Crippen LogP contribution in [0.2, 0.25) is 0 Å². The zero-order chi connectivity index (χ0) is 24.0. The first-order valence-electron chi connectivity index (χ1n) is 11.2. The van der Waals surface area contributed by atoms with Gasteiger partial charge in [0, 0.05) is 43.4 Å². The third-order valence-electron chi connectivity index (χ3n) is 5.66. The molecule has 2 N–H and O–H groups in total. The Bertz CT molecular complexity index is 1460. The average molecular weight is 466 g/mol. The summed E-state index contributed by atoms with van der Waals surface area (Å²) >= 11 is 0. The van der Waals surface area contributed by atoms with Crippen LogP contribution >= 0.6 is 0 Å². The molecule has 0 radical (unpaired) electrons. The van der Waals surface area contributed by atoms with Gasteiger partial charge in [-0.3, -0.25) is 9.59 Å². The van der Waals surface area contributed by atoms with E-state index in [1.807, 2.05) is 59.4 Å². The Morgan fingerprint density at radius 2 is 1.66 bits per heavy atom. The first-order chi connectivity index (χ1) is 17.2. The molecule has 0 aliphatic carbocycles. The van der Waals surface area contributed by atoms with Gasteiger partial charge in [-0.05, 0) is 46.7 Å². The number of carbonyl (C=O) groups excluding carboxylic acids is 2. The van der Waals surface area contributed by atoms with Crippen LogP contribution in [0.5, 0.6) is 0 Å². The van der Waals surface area contributed by atoms with Crippen molar-refractivity contribution in [2.45, 2.75) is 13.1 Å². The van der Waals surface area contributed by atoms with E-state index < -0.39 is 0 Å². The number of anilines is 1. The fourth-order valence-corrected chi connectivity index (χ4v) is 3.97. The van der Waals surface area contributed by atoms with Crippen molar-refractivity contribution in [1.82, 2.24) is 29.9 Å². The number of carbonyl (C=O) groups is 2. The van der Waals surface area contributed by atoms with E-state index in [1.54, 1.807) is 35.3 Å². The molecule has 0 bridgehead atoms. The summed E-state index contributed by atoms with van der Waals surface area (Å²) in [4.78, 5) is 30.3. The normalized spacial score (nSPS) is 10.9. The summed E-state index contributed by atoms with van der Waals surface area (Å²) in [6, 6.07) is 18.6. The van der Waals surface area contributed by atoms with Crippen molar-refractivity contribution in [3.63, 3.8) is 0 Å². The fourth-order valence-electron chi connectivity index (χ4n) is 3.97. The number of hydrogen-bond donors (Lipinski definition) is 2. The lowest BCUT2D eigenvalue weighted by molar-refractivity contribution is 0.0948. The molecule has 5 aromatic rings. The summed E-state index contributed by atoms with van der Waals surface area (Å²) in [7, 11) is 0. The van der Waals surface area contributed by atoms with Gasteiger partial charge in [-0.25, -0.2) is 9.67 Å². The molecular weight excluding hydrogens is 442 g/mol. The number of fused-ring (bicyclic) bond motifs is 1. The number of pyridine rings is 1. The molecule has 9 nitrogen and oxygen atoms in total. The molecule has 9 heteroatoms. The molecule has 35 heavy (non-hydrogen) atoms. The third kappa shape index (κ3) is 4.93. The van der Waals surface area contributed by atoms with Crippen LogP contribution in [0, 0.1) is 0 Å². The predicted octanol–water partition coefficient (Wildman–Crippen LogP) is 3.36. The lowest BCUT2D eigenvalue weighted by atomic mass is 9.99. The average Bonchev–Trinajstić information content (AvgIpc) is 3.59. The number of hydrogen-bond acceptors (Lipinski definition) is 5. The lowest BCUT2D eigenvalue weighted by Crippen LogP contribution is -2.29. The van der Waals surface area contributed by atoms with E-state index in [1.165, 1.54) is 6.20 Å². The van der Waals surface area contributed by atoms with Crippen LogP contribution in [0.25, 0.3) is 10.8 Å². The Kier molecular flexibility index (Phi) is 6.29. The second-order valence-corrected chi connectivity index (χ2v) is 7.95. The Morgan fingerprint density at radius 3 is 2.46 bits per heavy atom. The quantitative estimate of drug-likeness (QED) is 0.366. The molecule has 2 amide bonds. The van der Waals surface area contributed by atoms with Crippen LogP contribution in [0.4, 0.5) is 5.69 Å². The summed E-state index contributed by atoms with van der Waals surface area (Å²) in [6.45, 7) is 1.62. The molecule has 0 atom stereocenters. The summed E-state index contributed by atoms with van der Waals surface area (Å²) < 4.78 is 3.71. The maximum absolute atomic E-state index is 13.3. The fraction of sp³-hybridized carbons (Fsp3) is 0.115. The molecule has 5 rings (SSSR count). The Labute approximate surface area is 201 Å². The van der Waals surface area contributed by atoms with Crippen molar-refractivity contribution >= 4 is 28.3 Å². The van der Waals surface area contributed by atoms with Crippen molar-refractivity contribution < 1.29 is 9.59 Å². The minimum atomic E-state index is -0.346. The summed E-state index contributed by atoms with van der Waals surface area (Å²) in [6.07, 6.45) is 8.82. The predicted molar refractivity (Wildman–Crippen MR) is 132 cm³/mol. The van der Waals surface area contributed by atoms with Crippen LogP contribution in [-0.4, -0.2) is 42.9 Å². The van der Waals surface area contributed by atoms with E-state index in [0.29, 0.717) is 30.9 Å². The van der Waals surface area contributed by atoms with Crippen LogP contribution in [0.1, 0.15) is 26.4 Å². The van der Waals surface area contributed by atoms with Gasteiger partial charge in [0.15, 0.2) is 5.69 Å². The van der Waals surface area contributed by atoms with Gasteiger partial charge in [-0.2, -0.15) is 0 Å². The number of rotatable bonds is 8. The highest BCUT2D eigenvalue weighted by Gasteiger charge is 2.18. The van der Waals surface area contributed by atoms with Gasteiger partial charge in [0.05, 0.1) is 18.4 Å². The molecular formula is C26H23N7O2. The molecule has 0 spiro atoms. The van der Waals surface area contributed by atoms with Crippen LogP contribution < -0.4 is 10.6 Å². The second kappa shape index (κ2) is 10.0. The molecule has 0 unspecified atom stereocenters. The molecule has 174 valence electrons. The zero-order valence-corrected chi connectivity index (χ0v) is 18.8. The molecule has 0 aliphatic heterocycles. The van der Waals surface area contributed by atoms with Gasteiger partial charge in [0.25, 0.3) is 11.8 Å². The van der Waals surface area contributed by atoms with Crippen molar-refractivity contribution in [3.8, 4) is 0 Å². The smallest absolute Gasteiger partial charge is 0.272 e. The summed E-state index contributed by atoms with van der Waals surface area (Å²) in [5.74, 6) is -0.663. The maximum atomic E-state index is 13.3. The van der Waals surface area contributed by atoms with Gasteiger partial charge < -0.3 is 15.2 Å².